The average Bonchev–Trinajstić information content (AvgIpc) is 3.17. The topological polar surface area (TPSA) is 70.5 Å². The predicted molar refractivity (Wildman–Crippen MR) is 90.6 cm³/mol. The first kappa shape index (κ1) is 16.1. The van der Waals surface area contributed by atoms with Crippen molar-refractivity contribution in [2.75, 3.05) is 13.1 Å². The lowest BCUT2D eigenvalue weighted by molar-refractivity contribution is -0.146. The van der Waals surface area contributed by atoms with Crippen molar-refractivity contribution in [2.24, 2.45) is 11.8 Å². The monoisotopic (exact) mass is 350 g/mol. The van der Waals surface area contributed by atoms with Crippen LogP contribution in [-0.2, 0) is 16.0 Å². The Morgan fingerprint density at radius 2 is 2.22 bits per heavy atom. The molecule has 5 nitrogen and oxygen atoms in total. The molecule has 2 unspecified atom stereocenters. The number of hydrogen-bond acceptors (Lipinski definition) is 5. The fourth-order valence-electron chi connectivity index (χ4n) is 2.90. The van der Waals surface area contributed by atoms with Crippen LogP contribution in [0.4, 0.5) is 0 Å². The number of hydrogen-bond donors (Lipinski definition) is 1. The number of nitrogens with zero attached hydrogens (tertiary/aromatic N) is 2. The lowest BCUT2D eigenvalue weighted by Crippen LogP contribution is -2.46. The molecule has 1 amide bonds. The van der Waals surface area contributed by atoms with E-state index in [-0.39, 0.29) is 18.2 Å². The molecule has 1 N–H and O–H groups in total. The van der Waals surface area contributed by atoms with Crippen LogP contribution in [0.25, 0.3) is 9.88 Å². The molecule has 2 atom stereocenters. The zero-order valence-electron chi connectivity index (χ0n) is 12.8. The number of piperidine rings is 1. The summed E-state index contributed by atoms with van der Waals surface area (Å²) in [5.74, 6) is -1.10. The summed E-state index contributed by atoms with van der Waals surface area (Å²) >= 11 is 3.16. The summed E-state index contributed by atoms with van der Waals surface area (Å²) in [6, 6.07) is 3.99. The quantitative estimate of drug-likeness (QED) is 0.920. The Kier molecular flexibility index (Phi) is 4.77. The molecule has 0 bridgehead atoms. The van der Waals surface area contributed by atoms with E-state index in [1.54, 1.807) is 16.2 Å². The van der Waals surface area contributed by atoms with Gasteiger partial charge in [0, 0.05) is 18.5 Å². The Labute approximate surface area is 142 Å². The highest BCUT2D eigenvalue weighted by Gasteiger charge is 2.31. The first-order valence-corrected chi connectivity index (χ1v) is 9.27. The highest BCUT2D eigenvalue weighted by Crippen LogP contribution is 2.28. The molecule has 7 heteroatoms. The van der Waals surface area contributed by atoms with E-state index in [1.807, 2.05) is 29.8 Å². The van der Waals surface area contributed by atoms with Gasteiger partial charge in [-0.3, -0.25) is 9.59 Å². The van der Waals surface area contributed by atoms with Gasteiger partial charge in [-0.25, -0.2) is 4.98 Å². The van der Waals surface area contributed by atoms with Crippen molar-refractivity contribution < 1.29 is 14.7 Å². The van der Waals surface area contributed by atoms with E-state index in [9.17, 15) is 14.7 Å². The summed E-state index contributed by atoms with van der Waals surface area (Å²) in [5.41, 5.74) is 0.758. The molecule has 1 aliphatic rings. The smallest absolute Gasteiger partial charge is 0.308 e. The number of likely N-dealkylation sites (tertiary alicyclic amines) is 1. The lowest BCUT2D eigenvalue weighted by atomic mass is 9.90. The van der Waals surface area contributed by atoms with Gasteiger partial charge in [0.15, 0.2) is 0 Å². The SMILES string of the molecule is CC1CC(C(=O)O)CN(C(=O)Cc2csc(-c3cccs3)n2)C1. The summed E-state index contributed by atoms with van der Waals surface area (Å²) in [7, 11) is 0. The lowest BCUT2D eigenvalue weighted by Gasteiger charge is -2.34. The molecule has 0 spiro atoms. The Balaban J connectivity index is 1.66. The van der Waals surface area contributed by atoms with Crippen LogP contribution in [0.1, 0.15) is 19.0 Å². The van der Waals surface area contributed by atoms with E-state index in [1.165, 1.54) is 11.3 Å². The molecule has 23 heavy (non-hydrogen) atoms. The van der Waals surface area contributed by atoms with E-state index in [4.69, 9.17) is 0 Å². The Hall–Kier alpha value is -1.73. The second-order valence-corrected chi connectivity index (χ2v) is 7.78. The molecular weight excluding hydrogens is 332 g/mol. The van der Waals surface area contributed by atoms with Crippen LogP contribution >= 0.6 is 22.7 Å². The van der Waals surface area contributed by atoms with Gasteiger partial charge in [-0.15, -0.1) is 22.7 Å². The zero-order valence-corrected chi connectivity index (χ0v) is 14.4. The molecule has 2 aromatic rings. The molecule has 3 rings (SSSR count). The van der Waals surface area contributed by atoms with Crippen LogP contribution in [0.3, 0.4) is 0 Å². The summed E-state index contributed by atoms with van der Waals surface area (Å²) in [6.45, 7) is 2.93. The number of amides is 1. The van der Waals surface area contributed by atoms with Crippen molar-refractivity contribution in [1.82, 2.24) is 9.88 Å². The summed E-state index contributed by atoms with van der Waals surface area (Å²) in [5, 5.41) is 14.1. The first-order chi connectivity index (χ1) is 11.0. The van der Waals surface area contributed by atoms with E-state index in [0.29, 0.717) is 19.5 Å². The van der Waals surface area contributed by atoms with Crippen LogP contribution in [0.15, 0.2) is 22.9 Å². The number of rotatable bonds is 4. The molecule has 3 heterocycles. The van der Waals surface area contributed by atoms with E-state index >= 15 is 0 Å². The largest absolute Gasteiger partial charge is 0.481 e. The van der Waals surface area contributed by atoms with Gasteiger partial charge in [0.25, 0.3) is 0 Å². The minimum absolute atomic E-state index is 0.0363. The number of thiazole rings is 1. The van der Waals surface area contributed by atoms with Crippen molar-refractivity contribution in [3.8, 4) is 9.88 Å². The van der Waals surface area contributed by atoms with E-state index in [2.05, 4.69) is 4.98 Å². The van der Waals surface area contributed by atoms with Crippen molar-refractivity contribution in [3.05, 3.63) is 28.6 Å². The van der Waals surface area contributed by atoms with Gasteiger partial charge in [-0.2, -0.15) is 0 Å². The molecule has 1 aliphatic heterocycles. The molecule has 0 saturated carbocycles. The third-order valence-electron chi connectivity index (χ3n) is 3.98. The van der Waals surface area contributed by atoms with Gasteiger partial charge in [0.2, 0.25) is 5.91 Å². The van der Waals surface area contributed by atoms with Crippen LogP contribution in [0, 0.1) is 11.8 Å². The van der Waals surface area contributed by atoms with Crippen molar-refractivity contribution in [2.45, 2.75) is 19.8 Å². The highest BCUT2D eigenvalue weighted by molar-refractivity contribution is 7.20. The maximum atomic E-state index is 12.5. The highest BCUT2D eigenvalue weighted by atomic mass is 32.1. The summed E-state index contributed by atoms with van der Waals surface area (Å²) in [4.78, 5) is 31.0. The number of carbonyl (C=O) groups excluding carboxylic acids is 1. The third kappa shape index (κ3) is 3.79. The Morgan fingerprint density at radius 1 is 1.39 bits per heavy atom. The van der Waals surface area contributed by atoms with Crippen LogP contribution in [-0.4, -0.2) is 40.0 Å². The van der Waals surface area contributed by atoms with E-state index in [0.717, 1.165) is 15.6 Å². The molecule has 1 saturated heterocycles. The fourth-order valence-corrected chi connectivity index (χ4v) is 4.54. The maximum absolute atomic E-state index is 12.5. The van der Waals surface area contributed by atoms with E-state index < -0.39 is 11.9 Å². The van der Waals surface area contributed by atoms with Crippen LogP contribution < -0.4 is 0 Å². The minimum atomic E-state index is -0.817. The minimum Gasteiger partial charge on any atom is -0.481 e. The Morgan fingerprint density at radius 3 is 2.91 bits per heavy atom. The molecule has 0 aromatic carbocycles. The molecule has 0 radical (unpaired) electrons. The Bertz CT molecular complexity index is 696. The number of carboxylic acids is 1. The van der Waals surface area contributed by atoms with Gasteiger partial charge in [0.05, 0.1) is 22.9 Å². The third-order valence-corrected chi connectivity index (χ3v) is 5.91. The van der Waals surface area contributed by atoms with Crippen molar-refractivity contribution in [1.29, 1.82) is 0 Å². The first-order valence-electron chi connectivity index (χ1n) is 7.51. The number of carboxylic acid groups (broad SMARTS) is 1. The van der Waals surface area contributed by atoms with Gasteiger partial charge < -0.3 is 10.0 Å². The molecule has 122 valence electrons. The predicted octanol–water partition coefficient (Wildman–Crippen LogP) is 2.98. The van der Waals surface area contributed by atoms with Gasteiger partial charge in [-0.1, -0.05) is 13.0 Å². The van der Waals surface area contributed by atoms with Crippen molar-refractivity contribution in [3.63, 3.8) is 0 Å². The normalized spacial score (nSPS) is 21.3. The number of aliphatic carboxylic acids is 1. The molecule has 1 fully saturated rings. The standard InChI is InChI=1S/C16H18N2O3S2/c1-10-5-11(16(20)21)8-18(7-10)14(19)6-12-9-23-15(17-12)13-3-2-4-22-13/h2-4,9-11H,5-8H2,1H3,(H,20,21). The second-order valence-electron chi connectivity index (χ2n) is 5.97. The fraction of sp³-hybridized carbons (Fsp3) is 0.438. The van der Waals surface area contributed by atoms with Crippen LogP contribution in [0.2, 0.25) is 0 Å². The second kappa shape index (κ2) is 6.80. The van der Waals surface area contributed by atoms with Gasteiger partial charge in [0.1, 0.15) is 5.01 Å². The molecular formula is C16H18N2O3S2. The van der Waals surface area contributed by atoms with Crippen LogP contribution in [0.5, 0.6) is 0 Å². The number of aromatic nitrogens is 1. The summed E-state index contributed by atoms with van der Waals surface area (Å²) in [6.07, 6.45) is 0.874. The number of carbonyl (C=O) groups is 2. The summed E-state index contributed by atoms with van der Waals surface area (Å²) < 4.78 is 0. The van der Waals surface area contributed by atoms with Gasteiger partial charge in [-0.05, 0) is 23.8 Å². The zero-order chi connectivity index (χ0) is 16.4. The molecule has 0 aliphatic carbocycles. The van der Waals surface area contributed by atoms with Gasteiger partial charge >= 0.3 is 5.97 Å². The van der Waals surface area contributed by atoms with Crippen molar-refractivity contribution >= 4 is 34.6 Å². The average molecular weight is 350 g/mol. The molecule has 2 aromatic heterocycles. The maximum Gasteiger partial charge on any atom is 0.308 e. The number of thiophene rings is 1.